The Balaban J connectivity index is 1.09. The summed E-state index contributed by atoms with van der Waals surface area (Å²) in [7, 11) is 0. The highest BCUT2D eigenvalue weighted by molar-refractivity contribution is 6.12. The topological polar surface area (TPSA) is 16.4 Å². The van der Waals surface area contributed by atoms with Crippen LogP contribution >= 0.6 is 0 Å². The Labute approximate surface area is 345 Å². The third-order valence-corrected chi connectivity index (χ3v) is 13.5. The van der Waals surface area contributed by atoms with Crippen molar-refractivity contribution >= 4 is 44.5 Å². The zero-order chi connectivity index (χ0) is 38.9. The molecule has 3 unspecified atom stereocenters. The van der Waals surface area contributed by atoms with Crippen LogP contribution in [-0.2, 0) is 5.41 Å². The Morgan fingerprint density at radius 1 is 0.610 bits per heavy atom. The van der Waals surface area contributed by atoms with E-state index in [2.05, 4.69) is 205 Å². The first-order valence-electron chi connectivity index (χ1n) is 21.2. The molecule has 59 heavy (non-hydrogen) atoms. The molecule has 0 aliphatic heterocycles. The number of furan rings is 1. The molecule has 282 valence electrons. The predicted molar refractivity (Wildman–Crippen MR) is 245 cm³/mol. The van der Waals surface area contributed by atoms with Gasteiger partial charge in [0.25, 0.3) is 0 Å². The van der Waals surface area contributed by atoms with Gasteiger partial charge in [0, 0.05) is 17.0 Å². The second-order valence-electron chi connectivity index (χ2n) is 16.5. The van der Waals surface area contributed by atoms with Crippen LogP contribution in [0.15, 0.2) is 216 Å². The number of hydrogen-bond donors (Lipinski definition) is 0. The van der Waals surface area contributed by atoms with Gasteiger partial charge in [-0.25, -0.2) is 0 Å². The Hall–Kier alpha value is -6.90. The first-order valence-corrected chi connectivity index (χ1v) is 21.2. The lowest BCUT2D eigenvalue weighted by molar-refractivity contribution is 0.668. The molecule has 2 heteroatoms. The van der Waals surface area contributed by atoms with E-state index in [1.165, 1.54) is 66.2 Å². The summed E-state index contributed by atoms with van der Waals surface area (Å²) in [5.41, 5.74) is 15.9. The smallest absolute Gasteiger partial charge is 0.137 e. The molecular weight excluding hydrogens is 715 g/mol. The van der Waals surface area contributed by atoms with Gasteiger partial charge in [0.05, 0.1) is 22.5 Å². The number of nitrogens with zero attached hydrogens (tertiary/aromatic N) is 1. The van der Waals surface area contributed by atoms with Crippen molar-refractivity contribution in [2.45, 2.75) is 37.1 Å². The molecule has 0 amide bonds. The number of benzene rings is 6. The molecule has 1 aromatic heterocycles. The Morgan fingerprint density at radius 2 is 1.42 bits per heavy atom. The summed E-state index contributed by atoms with van der Waals surface area (Å²) in [5.74, 6) is 0.380. The average Bonchev–Trinajstić information content (AvgIpc) is 3.84. The third kappa shape index (κ3) is 5.19. The fraction of sp³-hybridized carbons (Fsp3) is 0.123. The molecule has 0 fully saturated rings. The van der Waals surface area contributed by atoms with E-state index in [1.807, 2.05) is 0 Å². The molecule has 2 nitrogen and oxygen atoms in total. The number of fused-ring (bicyclic) bond motifs is 8. The Bertz CT molecular complexity index is 3180. The Morgan fingerprint density at radius 3 is 2.34 bits per heavy atom. The quantitative estimate of drug-likeness (QED) is 0.168. The average molecular weight is 758 g/mol. The molecule has 1 heterocycles. The van der Waals surface area contributed by atoms with Crippen molar-refractivity contribution in [1.82, 2.24) is 0 Å². The fourth-order valence-corrected chi connectivity index (χ4v) is 11.0. The molecule has 3 atom stereocenters. The third-order valence-electron chi connectivity index (χ3n) is 13.5. The van der Waals surface area contributed by atoms with Crippen LogP contribution in [0.1, 0.15) is 42.4 Å². The molecule has 5 aliphatic carbocycles. The van der Waals surface area contributed by atoms with Crippen LogP contribution in [0.5, 0.6) is 0 Å². The van der Waals surface area contributed by atoms with Crippen LogP contribution in [0, 0.1) is 5.92 Å². The molecule has 0 bridgehead atoms. The minimum atomic E-state index is -0.453. The summed E-state index contributed by atoms with van der Waals surface area (Å²) < 4.78 is 6.57. The standard InChI is InChI=1S/C57H43NO/c1-3-19-40(20-4-1)57(41-21-5-2-6-22-41)51-29-13-11-27-47(51)48-34-33-43(37-52(48)57)58(53-30-16-32-55-56(53)49-28-12-14-31-54(49)59-55)42-23-15-18-38(35-42)50-36-39-17-7-8-24-44(39)45-25-9-10-26-46(45)50/h1,3-5,7-34,37,39,42H,2,6,35-36H2. The molecule has 0 saturated heterocycles. The number of para-hydroxylation sites is 1. The maximum Gasteiger partial charge on any atom is 0.137 e. The van der Waals surface area contributed by atoms with E-state index >= 15 is 0 Å². The van der Waals surface area contributed by atoms with Crippen LogP contribution in [0.3, 0.4) is 0 Å². The zero-order valence-corrected chi connectivity index (χ0v) is 32.9. The number of hydrogen-bond acceptors (Lipinski definition) is 2. The predicted octanol–water partition coefficient (Wildman–Crippen LogP) is 12.7. The molecule has 5 aliphatic rings. The largest absolute Gasteiger partial charge is 0.456 e. The van der Waals surface area contributed by atoms with Crippen molar-refractivity contribution in [3.63, 3.8) is 0 Å². The van der Waals surface area contributed by atoms with Crippen LogP contribution < -0.4 is 15.3 Å². The van der Waals surface area contributed by atoms with Crippen molar-refractivity contribution in [1.29, 1.82) is 0 Å². The van der Waals surface area contributed by atoms with Gasteiger partial charge < -0.3 is 9.32 Å². The van der Waals surface area contributed by atoms with Crippen molar-refractivity contribution in [3.05, 3.63) is 239 Å². The van der Waals surface area contributed by atoms with E-state index < -0.39 is 5.41 Å². The zero-order valence-electron chi connectivity index (χ0n) is 32.9. The minimum Gasteiger partial charge on any atom is -0.456 e. The fourth-order valence-electron chi connectivity index (χ4n) is 11.0. The van der Waals surface area contributed by atoms with Crippen LogP contribution in [0.4, 0.5) is 11.4 Å². The van der Waals surface area contributed by atoms with Gasteiger partial charge in [-0.3, -0.25) is 0 Å². The van der Waals surface area contributed by atoms with Crippen LogP contribution in [-0.4, -0.2) is 6.04 Å². The molecular formula is C57H43NO. The summed E-state index contributed by atoms with van der Waals surface area (Å²) >= 11 is 0. The van der Waals surface area contributed by atoms with Gasteiger partial charge in [-0.05, 0) is 117 Å². The first-order chi connectivity index (χ1) is 29.3. The summed E-state index contributed by atoms with van der Waals surface area (Å²) in [6, 6.07) is 51.8. The maximum atomic E-state index is 6.57. The van der Waals surface area contributed by atoms with E-state index in [-0.39, 0.29) is 6.04 Å². The van der Waals surface area contributed by atoms with E-state index in [4.69, 9.17) is 4.42 Å². The molecule has 0 saturated carbocycles. The van der Waals surface area contributed by atoms with Crippen molar-refractivity contribution < 1.29 is 4.42 Å². The molecule has 0 spiro atoms. The van der Waals surface area contributed by atoms with Gasteiger partial charge in [-0.15, -0.1) is 0 Å². The number of anilines is 2. The highest BCUT2D eigenvalue weighted by Gasteiger charge is 2.47. The van der Waals surface area contributed by atoms with Gasteiger partial charge in [0.1, 0.15) is 11.2 Å². The number of rotatable bonds is 6. The monoisotopic (exact) mass is 757 g/mol. The van der Waals surface area contributed by atoms with Gasteiger partial charge >= 0.3 is 0 Å². The normalized spacial score (nSPS) is 21.2. The van der Waals surface area contributed by atoms with E-state index in [1.54, 1.807) is 0 Å². The Kier molecular flexibility index (Phi) is 7.88. The second-order valence-corrected chi connectivity index (χ2v) is 16.5. The van der Waals surface area contributed by atoms with Gasteiger partial charge in [-0.1, -0.05) is 170 Å². The maximum absolute atomic E-state index is 6.57. The molecule has 6 aromatic carbocycles. The van der Waals surface area contributed by atoms with E-state index in [0.717, 1.165) is 53.3 Å². The molecule has 7 aromatic rings. The van der Waals surface area contributed by atoms with Crippen molar-refractivity contribution in [3.8, 4) is 11.1 Å². The van der Waals surface area contributed by atoms with Crippen LogP contribution in [0.2, 0.25) is 0 Å². The van der Waals surface area contributed by atoms with E-state index in [9.17, 15) is 0 Å². The highest BCUT2D eigenvalue weighted by atomic mass is 16.3. The van der Waals surface area contributed by atoms with Gasteiger partial charge in [0.2, 0.25) is 0 Å². The summed E-state index contributed by atoms with van der Waals surface area (Å²) in [5, 5.41) is 5.02. The van der Waals surface area contributed by atoms with Gasteiger partial charge in [0.15, 0.2) is 0 Å². The number of allylic oxidation sites excluding steroid dienone is 10. The van der Waals surface area contributed by atoms with Crippen molar-refractivity contribution in [2.24, 2.45) is 5.92 Å². The van der Waals surface area contributed by atoms with E-state index in [0.29, 0.717) is 5.92 Å². The highest BCUT2D eigenvalue weighted by Crippen LogP contribution is 2.58. The van der Waals surface area contributed by atoms with Gasteiger partial charge in [-0.2, -0.15) is 0 Å². The SMILES string of the molecule is C1=CC2=c3ccccc3=C(C3=CC=CC(N(c4ccc5c(c4)C(C4=CCCC=C4)(c4ccccc4)c4ccccc4-5)c4cccc5oc6ccccc6c45)C3)CC2C=C1. The lowest BCUT2D eigenvalue weighted by Crippen LogP contribution is -2.37. The molecule has 0 N–H and O–H groups in total. The summed E-state index contributed by atoms with van der Waals surface area (Å²) in [6.45, 7) is 0. The lowest BCUT2D eigenvalue weighted by Gasteiger charge is -2.38. The molecule has 12 rings (SSSR count). The summed E-state index contributed by atoms with van der Waals surface area (Å²) in [6.07, 6.45) is 27.4. The van der Waals surface area contributed by atoms with Crippen LogP contribution in [0.25, 0.3) is 44.2 Å². The lowest BCUT2D eigenvalue weighted by atomic mass is 9.66. The summed E-state index contributed by atoms with van der Waals surface area (Å²) in [4.78, 5) is 2.62. The second kappa shape index (κ2) is 13.6. The minimum absolute atomic E-state index is 0.0443. The first kappa shape index (κ1) is 34.2. The molecule has 0 radical (unpaired) electrons. The van der Waals surface area contributed by atoms with Crippen molar-refractivity contribution in [2.75, 3.05) is 4.90 Å².